The molecule has 0 unspecified atom stereocenters. The first-order valence-corrected chi connectivity index (χ1v) is 25.9. The third-order valence-corrected chi connectivity index (χ3v) is 10.5. The molecule has 362 valence electrons. The molecule has 64 heavy (non-hydrogen) atoms. The van der Waals surface area contributed by atoms with Gasteiger partial charge in [-0.25, -0.2) is 0 Å². The van der Waals surface area contributed by atoms with Crippen LogP contribution in [0.1, 0.15) is 220 Å². The number of esters is 3. The highest BCUT2D eigenvalue weighted by atomic mass is 16.6. The van der Waals surface area contributed by atoms with Crippen LogP contribution in [-0.4, -0.2) is 37.2 Å². The largest absolute Gasteiger partial charge is 0.462 e. The Kier molecular flexibility index (Phi) is 48.5. The summed E-state index contributed by atoms with van der Waals surface area (Å²) in [6.07, 6.45) is 69.3. The Hall–Kier alpha value is -3.93. The van der Waals surface area contributed by atoms with Crippen molar-refractivity contribution in [2.75, 3.05) is 13.2 Å². The second-order valence-corrected chi connectivity index (χ2v) is 16.7. The molecule has 1 atom stereocenters. The third kappa shape index (κ3) is 49.1. The Bertz CT molecular complexity index is 1340. The summed E-state index contributed by atoms with van der Waals surface area (Å²) >= 11 is 0. The van der Waals surface area contributed by atoms with Crippen molar-refractivity contribution in [2.45, 2.75) is 226 Å². The van der Waals surface area contributed by atoms with Crippen LogP contribution < -0.4 is 0 Å². The van der Waals surface area contributed by atoms with Crippen LogP contribution in [0.25, 0.3) is 0 Å². The maximum absolute atomic E-state index is 12.8. The van der Waals surface area contributed by atoms with Gasteiger partial charge in [-0.05, 0) is 122 Å². The highest BCUT2D eigenvalue weighted by Crippen LogP contribution is 2.12. The zero-order chi connectivity index (χ0) is 46.5. The van der Waals surface area contributed by atoms with Crippen LogP contribution in [-0.2, 0) is 28.6 Å². The quantitative estimate of drug-likeness (QED) is 0.0262. The summed E-state index contributed by atoms with van der Waals surface area (Å²) in [5, 5.41) is 0. The van der Waals surface area contributed by atoms with Gasteiger partial charge in [0.15, 0.2) is 6.10 Å². The minimum Gasteiger partial charge on any atom is -0.462 e. The molecular weight excluding hydrogens is 793 g/mol. The van der Waals surface area contributed by atoms with Gasteiger partial charge in [0.2, 0.25) is 0 Å². The normalized spacial score (nSPS) is 13.0. The van der Waals surface area contributed by atoms with E-state index in [4.69, 9.17) is 14.2 Å². The number of hydrogen-bond acceptors (Lipinski definition) is 6. The van der Waals surface area contributed by atoms with E-state index in [0.717, 1.165) is 96.3 Å². The molecule has 0 N–H and O–H groups in total. The van der Waals surface area contributed by atoms with Gasteiger partial charge in [0.1, 0.15) is 13.2 Å². The first-order chi connectivity index (χ1) is 31.5. The van der Waals surface area contributed by atoms with E-state index in [-0.39, 0.29) is 44.0 Å². The summed E-state index contributed by atoms with van der Waals surface area (Å²) in [5.41, 5.74) is 0. The predicted octanol–water partition coefficient (Wildman–Crippen LogP) is 17.1. The second kappa shape index (κ2) is 51.7. The van der Waals surface area contributed by atoms with Crippen LogP contribution in [0.5, 0.6) is 0 Å². The lowest BCUT2D eigenvalue weighted by atomic mass is 10.1. The smallest absolute Gasteiger partial charge is 0.306 e. The first-order valence-electron chi connectivity index (χ1n) is 25.9. The van der Waals surface area contributed by atoms with Gasteiger partial charge in [0.25, 0.3) is 0 Å². The fourth-order valence-corrected chi connectivity index (χ4v) is 6.59. The molecule has 6 nitrogen and oxygen atoms in total. The highest BCUT2D eigenvalue weighted by molar-refractivity contribution is 5.71. The Morgan fingerprint density at radius 2 is 0.625 bits per heavy atom. The number of carbonyl (C=O) groups is 3. The van der Waals surface area contributed by atoms with Gasteiger partial charge in [-0.3, -0.25) is 14.4 Å². The maximum atomic E-state index is 12.8. The van der Waals surface area contributed by atoms with Gasteiger partial charge in [0, 0.05) is 19.3 Å². The summed E-state index contributed by atoms with van der Waals surface area (Å²) in [6.45, 7) is 6.38. The molecule has 0 saturated heterocycles. The summed E-state index contributed by atoms with van der Waals surface area (Å²) in [6, 6.07) is 0. The molecule has 0 aromatic rings. The van der Waals surface area contributed by atoms with Gasteiger partial charge in [0.05, 0.1) is 0 Å². The van der Waals surface area contributed by atoms with E-state index in [1.165, 1.54) is 70.6 Å². The molecule has 0 saturated carbocycles. The molecule has 0 fully saturated rings. The zero-order valence-electron chi connectivity index (χ0n) is 41.3. The lowest BCUT2D eigenvalue weighted by Gasteiger charge is -2.18. The molecule has 6 heteroatoms. The van der Waals surface area contributed by atoms with Crippen molar-refractivity contribution in [3.05, 3.63) is 109 Å². The number of carbonyl (C=O) groups excluding carboxylic acids is 3. The highest BCUT2D eigenvalue weighted by Gasteiger charge is 2.19. The maximum Gasteiger partial charge on any atom is 0.306 e. The summed E-state index contributed by atoms with van der Waals surface area (Å²) < 4.78 is 16.7. The molecule has 0 rings (SSSR count). The van der Waals surface area contributed by atoms with E-state index in [1.807, 2.05) is 0 Å². The molecule has 0 aromatic carbocycles. The molecule has 0 spiro atoms. The summed E-state index contributed by atoms with van der Waals surface area (Å²) in [4.78, 5) is 38.0. The number of ether oxygens (including phenoxy) is 3. The topological polar surface area (TPSA) is 78.9 Å². The SMILES string of the molecule is CC/C=C\C/C=C\C/C=C\C/C=C\C/C=C\CCCC(=O)OC[C@@H](COC(=O)CCCCCCC/C=C\CCCCCCC)OC(=O)CCCC/C=C\C/C=C\C/C=C\CCCCC. The monoisotopic (exact) mass is 887 g/mol. The number of rotatable bonds is 45. The van der Waals surface area contributed by atoms with Crippen molar-refractivity contribution in [2.24, 2.45) is 0 Å². The minimum absolute atomic E-state index is 0.117. The van der Waals surface area contributed by atoms with E-state index in [0.29, 0.717) is 19.3 Å². The minimum atomic E-state index is -0.825. The van der Waals surface area contributed by atoms with Gasteiger partial charge < -0.3 is 14.2 Å². The van der Waals surface area contributed by atoms with E-state index in [2.05, 4.69) is 130 Å². The molecule has 0 aliphatic heterocycles. The Morgan fingerprint density at radius 3 is 1.09 bits per heavy atom. The van der Waals surface area contributed by atoms with Crippen molar-refractivity contribution in [1.29, 1.82) is 0 Å². The number of hydrogen-bond donors (Lipinski definition) is 0. The van der Waals surface area contributed by atoms with Crippen LogP contribution in [0.3, 0.4) is 0 Å². The number of allylic oxidation sites excluding steroid dienone is 18. The number of unbranched alkanes of at least 4 members (excludes halogenated alkanes) is 16. The predicted molar refractivity (Wildman–Crippen MR) is 274 cm³/mol. The molecule has 0 aliphatic carbocycles. The lowest BCUT2D eigenvalue weighted by Crippen LogP contribution is -2.30. The van der Waals surface area contributed by atoms with Crippen molar-refractivity contribution >= 4 is 17.9 Å². The average molecular weight is 887 g/mol. The first kappa shape index (κ1) is 60.1. The van der Waals surface area contributed by atoms with Gasteiger partial charge in [-0.15, -0.1) is 0 Å². The van der Waals surface area contributed by atoms with E-state index in [9.17, 15) is 14.4 Å². The van der Waals surface area contributed by atoms with Crippen LogP contribution in [0.2, 0.25) is 0 Å². The van der Waals surface area contributed by atoms with Gasteiger partial charge in [-0.2, -0.15) is 0 Å². The van der Waals surface area contributed by atoms with Crippen molar-refractivity contribution < 1.29 is 28.6 Å². The molecule has 0 heterocycles. The van der Waals surface area contributed by atoms with Crippen LogP contribution in [0.4, 0.5) is 0 Å². The third-order valence-electron chi connectivity index (χ3n) is 10.5. The van der Waals surface area contributed by atoms with Crippen molar-refractivity contribution in [3.63, 3.8) is 0 Å². The lowest BCUT2D eigenvalue weighted by molar-refractivity contribution is -0.167. The molecule has 0 amide bonds. The van der Waals surface area contributed by atoms with Crippen LogP contribution in [0, 0.1) is 0 Å². The summed E-state index contributed by atoms with van der Waals surface area (Å²) in [5.74, 6) is -1.03. The van der Waals surface area contributed by atoms with Crippen molar-refractivity contribution in [1.82, 2.24) is 0 Å². The molecule has 0 radical (unpaired) electrons. The average Bonchev–Trinajstić information content (AvgIpc) is 3.29. The van der Waals surface area contributed by atoms with E-state index < -0.39 is 6.10 Å². The standard InChI is InChI=1S/C58H94O6/c1-4-7-10-13-16-19-22-25-28-29-31-33-36-39-42-45-48-51-57(60)63-54-55(53-62-56(59)50-47-44-41-38-35-32-27-24-21-18-15-12-9-6-3)64-58(61)52-49-46-43-40-37-34-30-26-23-20-17-14-11-8-5-2/h7,10,16-17,19-20,24-28,30-31,33,37,39-40,42,55H,4-6,8-9,11-15,18,21-23,29,32,34-36,38,41,43-54H2,1-3H3/b10-7-,19-16-,20-17-,27-24-,28-25-,30-26-,33-31-,40-37-,42-39-/t55-/m1/s1. The van der Waals surface area contributed by atoms with E-state index in [1.54, 1.807) is 0 Å². The second-order valence-electron chi connectivity index (χ2n) is 16.7. The van der Waals surface area contributed by atoms with E-state index >= 15 is 0 Å². The van der Waals surface area contributed by atoms with Crippen LogP contribution >= 0.6 is 0 Å². The molecule has 0 bridgehead atoms. The fraction of sp³-hybridized carbons (Fsp3) is 0.638. The Balaban J connectivity index is 4.57. The molecular formula is C58H94O6. The van der Waals surface area contributed by atoms with Crippen LogP contribution in [0.15, 0.2) is 109 Å². The Morgan fingerprint density at radius 1 is 0.328 bits per heavy atom. The van der Waals surface area contributed by atoms with Crippen molar-refractivity contribution in [3.8, 4) is 0 Å². The molecule has 0 aromatic heterocycles. The summed E-state index contributed by atoms with van der Waals surface area (Å²) in [7, 11) is 0. The molecule has 0 aliphatic rings. The fourth-order valence-electron chi connectivity index (χ4n) is 6.59. The van der Waals surface area contributed by atoms with Gasteiger partial charge >= 0.3 is 17.9 Å². The van der Waals surface area contributed by atoms with Gasteiger partial charge in [-0.1, -0.05) is 188 Å². The Labute approximate surface area is 393 Å². The zero-order valence-corrected chi connectivity index (χ0v) is 41.3.